The summed E-state index contributed by atoms with van der Waals surface area (Å²) in [4.78, 5) is 15.3. The van der Waals surface area contributed by atoms with E-state index in [1.54, 1.807) is 0 Å². The molecule has 1 N–H and O–H groups in total. The van der Waals surface area contributed by atoms with Crippen LogP contribution in [0.4, 0.5) is 0 Å². The van der Waals surface area contributed by atoms with Gasteiger partial charge in [-0.15, -0.1) is 0 Å². The summed E-state index contributed by atoms with van der Waals surface area (Å²) in [6.45, 7) is 6.77. The Labute approximate surface area is 187 Å². The highest BCUT2D eigenvalue weighted by Crippen LogP contribution is 2.44. The first-order valence-corrected chi connectivity index (χ1v) is 12.6. The van der Waals surface area contributed by atoms with E-state index >= 15 is 0 Å². The number of rotatable bonds is 12. The van der Waals surface area contributed by atoms with Crippen LogP contribution in [0.3, 0.4) is 0 Å². The van der Waals surface area contributed by atoms with Crippen molar-refractivity contribution in [2.24, 2.45) is 11.8 Å². The monoisotopic (exact) mass is 428 g/mol. The predicted molar refractivity (Wildman–Crippen MR) is 124 cm³/mol. The molecule has 1 saturated carbocycles. The Morgan fingerprint density at radius 1 is 1.10 bits per heavy atom. The van der Waals surface area contributed by atoms with E-state index in [-0.39, 0.29) is 11.9 Å². The van der Waals surface area contributed by atoms with Gasteiger partial charge >= 0.3 is 0 Å². The van der Waals surface area contributed by atoms with Gasteiger partial charge in [-0.1, -0.05) is 45.1 Å². The zero-order valence-electron chi connectivity index (χ0n) is 19.2. The molecule has 3 aliphatic rings. The van der Waals surface area contributed by atoms with E-state index in [4.69, 9.17) is 9.47 Å². The van der Waals surface area contributed by atoms with Gasteiger partial charge in [0, 0.05) is 25.6 Å². The molecule has 3 atom stereocenters. The zero-order chi connectivity index (χ0) is 21.5. The number of hydrogen-bond acceptors (Lipinski definition) is 4. The first-order chi connectivity index (χ1) is 15.2. The molecule has 5 nitrogen and oxygen atoms in total. The second-order valence-electron chi connectivity index (χ2n) is 9.77. The summed E-state index contributed by atoms with van der Waals surface area (Å²) in [5, 5.41) is 3.37. The van der Waals surface area contributed by atoms with Gasteiger partial charge in [-0.25, -0.2) is 0 Å². The van der Waals surface area contributed by atoms with Gasteiger partial charge in [-0.05, 0) is 61.8 Å². The summed E-state index contributed by atoms with van der Waals surface area (Å²) in [5.74, 6) is 3.76. The Hall–Kier alpha value is -1.75. The summed E-state index contributed by atoms with van der Waals surface area (Å²) >= 11 is 0. The predicted octanol–water partition coefficient (Wildman–Crippen LogP) is 4.58. The minimum atomic E-state index is 0.144. The fraction of sp³-hybridized carbons (Fsp3) is 0.731. The number of unbranched alkanes of at least 4 members (excludes halogenated alkanes) is 5. The molecule has 2 heterocycles. The van der Waals surface area contributed by atoms with Crippen LogP contribution in [-0.2, 0) is 11.2 Å². The van der Waals surface area contributed by atoms with Crippen molar-refractivity contribution in [2.75, 3.05) is 32.8 Å². The number of hydrogen-bond donors (Lipinski definition) is 1. The van der Waals surface area contributed by atoms with Crippen LogP contribution < -0.4 is 14.8 Å². The van der Waals surface area contributed by atoms with Crippen LogP contribution in [0.5, 0.6) is 11.5 Å². The van der Waals surface area contributed by atoms with Crippen LogP contribution in [0.15, 0.2) is 18.2 Å². The summed E-state index contributed by atoms with van der Waals surface area (Å²) < 4.78 is 11.4. The smallest absolute Gasteiger partial charge is 0.220 e. The lowest BCUT2D eigenvalue weighted by Crippen LogP contribution is -2.46. The third-order valence-electron chi connectivity index (χ3n) is 7.07. The van der Waals surface area contributed by atoms with Crippen molar-refractivity contribution in [3.8, 4) is 11.5 Å². The van der Waals surface area contributed by atoms with Crippen molar-refractivity contribution < 1.29 is 14.3 Å². The van der Waals surface area contributed by atoms with Gasteiger partial charge in [0.15, 0.2) is 11.5 Å². The molecule has 0 aromatic heterocycles. The minimum absolute atomic E-state index is 0.144. The molecule has 1 saturated heterocycles. The SMILES string of the molecule is CCCCCCCCC(=O)NC(Cc1ccc2c(c1)OCCO2)CN1CCC2CC2C1. The molecule has 2 aliphatic heterocycles. The molecule has 0 bridgehead atoms. The van der Waals surface area contributed by atoms with Crippen LogP contribution in [0.25, 0.3) is 0 Å². The van der Waals surface area contributed by atoms with Crippen molar-refractivity contribution in [1.82, 2.24) is 10.2 Å². The molecule has 1 amide bonds. The number of likely N-dealkylation sites (tertiary alicyclic amines) is 1. The van der Waals surface area contributed by atoms with Gasteiger partial charge in [-0.3, -0.25) is 4.79 Å². The van der Waals surface area contributed by atoms with Crippen LogP contribution in [0, 0.1) is 11.8 Å². The van der Waals surface area contributed by atoms with Crippen molar-refractivity contribution >= 4 is 5.91 Å². The fourth-order valence-electron chi connectivity index (χ4n) is 5.16. The number of amides is 1. The van der Waals surface area contributed by atoms with Crippen molar-refractivity contribution in [3.05, 3.63) is 23.8 Å². The lowest BCUT2D eigenvalue weighted by atomic mass is 10.0. The molecular formula is C26H40N2O3. The second-order valence-corrected chi connectivity index (χ2v) is 9.77. The number of carbonyl (C=O) groups excluding carboxylic acids is 1. The van der Waals surface area contributed by atoms with Crippen LogP contribution in [0.2, 0.25) is 0 Å². The molecule has 1 aliphatic carbocycles. The maximum Gasteiger partial charge on any atom is 0.220 e. The molecule has 31 heavy (non-hydrogen) atoms. The number of carbonyl (C=O) groups is 1. The van der Waals surface area contributed by atoms with E-state index in [2.05, 4.69) is 29.3 Å². The average molecular weight is 429 g/mol. The highest BCUT2D eigenvalue weighted by Gasteiger charge is 2.41. The Morgan fingerprint density at radius 2 is 1.90 bits per heavy atom. The van der Waals surface area contributed by atoms with Gasteiger partial charge in [0.2, 0.25) is 5.91 Å². The molecule has 0 radical (unpaired) electrons. The Balaban J connectivity index is 1.30. The molecule has 172 valence electrons. The summed E-state index contributed by atoms with van der Waals surface area (Å²) in [5.41, 5.74) is 1.20. The van der Waals surface area contributed by atoms with Crippen LogP contribution in [0.1, 0.15) is 70.3 Å². The van der Waals surface area contributed by atoms with Gasteiger partial charge in [0.1, 0.15) is 13.2 Å². The summed E-state index contributed by atoms with van der Waals surface area (Å²) in [7, 11) is 0. The van der Waals surface area contributed by atoms with Crippen LogP contribution >= 0.6 is 0 Å². The minimum Gasteiger partial charge on any atom is -0.486 e. The lowest BCUT2D eigenvalue weighted by molar-refractivity contribution is -0.122. The highest BCUT2D eigenvalue weighted by atomic mass is 16.6. The van der Waals surface area contributed by atoms with Crippen molar-refractivity contribution in [2.45, 2.75) is 77.2 Å². The van der Waals surface area contributed by atoms with E-state index in [9.17, 15) is 4.79 Å². The average Bonchev–Trinajstić information content (AvgIpc) is 3.55. The molecule has 2 fully saturated rings. The molecule has 5 heteroatoms. The number of nitrogens with zero attached hydrogens (tertiary/aromatic N) is 1. The zero-order valence-corrected chi connectivity index (χ0v) is 19.2. The van der Waals surface area contributed by atoms with Crippen molar-refractivity contribution in [3.63, 3.8) is 0 Å². The van der Waals surface area contributed by atoms with E-state index in [0.717, 1.165) is 49.1 Å². The third-order valence-corrected chi connectivity index (χ3v) is 7.07. The largest absolute Gasteiger partial charge is 0.486 e. The highest BCUT2D eigenvalue weighted by molar-refractivity contribution is 5.76. The van der Waals surface area contributed by atoms with Crippen LogP contribution in [-0.4, -0.2) is 49.7 Å². The van der Waals surface area contributed by atoms with Crippen molar-refractivity contribution in [1.29, 1.82) is 0 Å². The van der Waals surface area contributed by atoms with E-state index in [0.29, 0.717) is 19.6 Å². The number of nitrogens with one attached hydrogen (secondary N) is 1. The quantitative estimate of drug-likeness (QED) is 0.495. The van der Waals surface area contributed by atoms with E-state index in [1.165, 1.54) is 57.2 Å². The van der Waals surface area contributed by atoms with Gasteiger partial charge < -0.3 is 19.7 Å². The molecule has 4 rings (SSSR count). The topological polar surface area (TPSA) is 50.8 Å². The third kappa shape index (κ3) is 6.86. The first kappa shape index (κ1) is 22.4. The lowest BCUT2D eigenvalue weighted by Gasteiger charge is -2.31. The van der Waals surface area contributed by atoms with Gasteiger partial charge in [0.05, 0.1) is 0 Å². The fourth-order valence-corrected chi connectivity index (χ4v) is 5.16. The first-order valence-electron chi connectivity index (χ1n) is 12.6. The molecular weight excluding hydrogens is 388 g/mol. The van der Waals surface area contributed by atoms with E-state index < -0.39 is 0 Å². The number of benzene rings is 1. The normalized spacial score (nSPS) is 23.1. The number of piperidine rings is 1. The molecule has 0 spiro atoms. The Kier molecular flexibility index (Phi) is 8.12. The molecule has 1 aromatic carbocycles. The number of ether oxygens (including phenoxy) is 2. The van der Waals surface area contributed by atoms with Gasteiger partial charge in [0.25, 0.3) is 0 Å². The molecule has 3 unspecified atom stereocenters. The summed E-state index contributed by atoms with van der Waals surface area (Å²) in [6.07, 6.45) is 11.5. The maximum absolute atomic E-state index is 12.7. The van der Waals surface area contributed by atoms with Gasteiger partial charge in [-0.2, -0.15) is 0 Å². The Morgan fingerprint density at radius 3 is 2.74 bits per heavy atom. The maximum atomic E-state index is 12.7. The van der Waals surface area contributed by atoms with E-state index in [1.807, 2.05) is 6.07 Å². The molecule has 1 aromatic rings. The number of fused-ring (bicyclic) bond motifs is 2. The summed E-state index contributed by atoms with van der Waals surface area (Å²) in [6, 6.07) is 6.36. The second kappa shape index (κ2) is 11.2. The Bertz CT molecular complexity index is 723. The standard InChI is InChI=1S/C26H40N2O3/c1-2-3-4-5-6-7-8-26(29)27-23(19-28-12-11-21-17-22(21)18-28)15-20-9-10-24-25(16-20)31-14-13-30-24/h9-10,16,21-23H,2-8,11-15,17-19H2,1H3,(H,27,29).